The van der Waals surface area contributed by atoms with Gasteiger partial charge in [-0.25, -0.2) is 4.98 Å². The molecule has 1 heterocycles. The molecule has 2 aromatic carbocycles. The summed E-state index contributed by atoms with van der Waals surface area (Å²) in [4.78, 5) is 19.4. The molecule has 1 aromatic heterocycles. The fraction of sp³-hybridized carbons (Fsp3) is 0.440. The Bertz CT molecular complexity index is 997. The number of benzene rings is 2. The zero-order valence-electron chi connectivity index (χ0n) is 18.4. The Morgan fingerprint density at radius 3 is 2.68 bits per heavy atom. The topological polar surface area (TPSA) is 78.6 Å². The number of para-hydroxylation sites is 2. The number of aliphatic hydroxyl groups is 1. The SMILES string of the molecule is CC[C@H](C)NC(O)[C@H]1CC[C@@H](N(C)C(=O)c2ccc(-c3nc4ccccc4o3)cc2)C1. The molecule has 31 heavy (non-hydrogen) atoms. The Hall–Kier alpha value is -2.70. The molecule has 4 atom stereocenters. The van der Waals surface area contributed by atoms with Gasteiger partial charge in [-0.3, -0.25) is 10.1 Å². The van der Waals surface area contributed by atoms with Gasteiger partial charge in [0, 0.05) is 36.2 Å². The Kier molecular flexibility index (Phi) is 6.39. The minimum atomic E-state index is -0.515. The predicted octanol–water partition coefficient (Wildman–Crippen LogP) is 4.44. The van der Waals surface area contributed by atoms with E-state index in [2.05, 4.69) is 24.1 Å². The number of carbonyl (C=O) groups excluding carboxylic acids is 1. The fourth-order valence-electron chi connectivity index (χ4n) is 4.30. The molecule has 1 aliphatic carbocycles. The summed E-state index contributed by atoms with van der Waals surface area (Å²) in [6.07, 6.45) is 3.11. The summed E-state index contributed by atoms with van der Waals surface area (Å²) in [6, 6.07) is 15.5. The first-order valence-corrected chi connectivity index (χ1v) is 11.1. The van der Waals surface area contributed by atoms with Crippen molar-refractivity contribution in [2.45, 2.75) is 57.8 Å². The average Bonchev–Trinajstić information content (AvgIpc) is 3.45. The van der Waals surface area contributed by atoms with Gasteiger partial charge >= 0.3 is 0 Å². The maximum absolute atomic E-state index is 13.0. The van der Waals surface area contributed by atoms with Gasteiger partial charge in [-0.15, -0.1) is 0 Å². The molecule has 1 fully saturated rings. The maximum atomic E-state index is 13.0. The lowest BCUT2D eigenvalue weighted by atomic mass is 10.0. The van der Waals surface area contributed by atoms with Crippen LogP contribution in [0.25, 0.3) is 22.6 Å². The van der Waals surface area contributed by atoms with Crippen molar-refractivity contribution in [1.29, 1.82) is 0 Å². The monoisotopic (exact) mass is 421 g/mol. The van der Waals surface area contributed by atoms with Crippen LogP contribution in [0.3, 0.4) is 0 Å². The molecule has 1 unspecified atom stereocenters. The number of amides is 1. The van der Waals surface area contributed by atoms with Crippen LogP contribution in [0.15, 0.2) is 52.9 Å². The van der Waals surface area contributed by atoms with Gasteiger partial charge < -0.3 is 14.4 Å². The van der Waals surface area contributed by atoms with Crippen LogP contribution in [-0.2, 0) is 0 Å². The number of hydrogen-bond acceptors (Lipinski definition) is 5. The first kappa shape index (κ1) is 21.5. The molecular weight excluding hydrogens is 390 g/mol. The summed E-state index contributed by atoms with van der Waals surface area (Å²) in [6.45, 7) is 4.18. The second-order valence-corrected chi connectivity index (χ2v) is 8.63. The third-order valence-corrected chi connectivity index (χ3v) is 6.50. The number of carbonyl (C=O) groups is 1. The summed E-state index contributed by atoms with van der Waals surface area (Å²) in [5, 5.41) is 13.7. The minimum Gasteiger partial charge on any atom is -0.436 e. The van der Waals surface area contributed by atoms with Crippen LogP contribution in [0.4, 0.5) is 0 Å². The molecule has 1 aliphatic rings. The van der Waals surface area contributed by atoms with Crippen molar-refractivity contribution in [2.75, 3.05) is 7.05 Å². The van der Waals surface area contributed by atoms with Crippen molar-refractivity contribution in [2.24, 2.45) is 5.92 Å². The van der Waals surface area contributed by atoms with Crippen LogP contribution in [0.2, 0.25) is 0 Å². The van der Waals surface area contributed by atoms with Crippen LogP contribution in [0.1, 0.15) is 49.9 Å². The smallest absolute Gasteiger partial charge is 0.253 e. The molecule has 1 saturated carbocycles. The Balaban J connectivity index is 1.40. The van der Waals surface area contributed by atoms with Gasteiger partial charge in [0.05, 0.1) is 0 Å². The Morgan fingerprint density at radius 1 is 1.23 bits per heavy atom. The fourth-order valence-corrected chi connectivity index (χ4v) is 4.30. The molecule has 0 saturated heterocycles. The van der Waals surface area contributed by atoms with E-state index in [0.717, 1.165) is 42.3 Å². The molecule has 0 spiro atoms. The molecule has 3 aromatic rings. The highest BCUT2D eigenvalue weighted by molar-refractivity contribution is 5.94. The number of aliphatic hydroxyl groups excluding tert-OH is 1. The van der Waals surface area contributed by atoms with Crippen molar-refractivity contribution in [3.8, 4) is 11.5 Å². The number of aromatic nitrogens is 1. The first-order chi connectivity index (χ1) is 15.0. The van der Waals surface area contributed by atoms with E-state index >= 15 is 0 Å². The number of fused-ring (bicyclic) bond motifs is 1. The summed E-state index contributed by atoms with van der Waals surface area (Å²) >= 11 is 0. The Labute approximate surface area is 183 Å². The molecule has 2 N–H and O–H groups in total. The van der Waals surface area contributed by atoms with Crippen LogP contribution >= 0.6 is 0 Å². The molecule has 164 valence electrons. The lowest BCUT2D eigenvalue weighted by Crippen LogP contribution is -2.41. The van der Waals surface area contributed by atoms with Crippen molar-refractivity contribution in [3.05, 3.63) is 54.1 Å². The highest BCUT2D eigenvalue weighted by Crippen LogP contribution is 2.32. The quantitative estimate of drug-likeness (QED) is 0.552. The van der Waals surface area contributed by atoms with E-state index in [1.165, 1.54) is 0 Å². The van der Waals surface area contributed by atoms with E-state index in [1.54, 1.807) is 0 Å². The molecule has 4 rings (SSSR count). The summed E-state index contributed by atoms with van der Waals surface area (Å²) in [7, 11) is 1.86. The van der Waals surface area contributed by atoms with Gasteiger partial charge in [0.2, 0.25) is 5.89 Å². The Morgan fingerprint density at radius 2 is 1.97 bits per heavy atom. The van der Waals surface area contributed by atoms with Gasteiger partial charge in [0.1, 0.15) is 11.7 Å². The first-order valence-electron chi connectivity index (χ1n) is 11.1. The molecule has 0 radical (unpaired) electrons. The number of nitrogens with one attached hydrogen (secondary N) is 1. The molecule has 1 amide bonds. The minimum absolute atomic E-state index is 0.000796. The maximum Gasteiger partial charge on any atom is 0.253 e. The second kappa shape index (κ2) is 9.20. The van der Waals surface area contributed by atoms with Crippen LogP contribution in [0.5, 0.6) is 0 Å². The van der Waals surface area contributed by atoms with Crippen molar-refractivity contribution in [3.63, 3.8) is 0 Å². The van der Waals surface area contributed by atoms with Gasteiger partial charge in [-0.2, -0.15) is 0 Å². The third kappa shape index (κ3) is 4.65. The zero-order chi connectivity index (χ0) is 22.0. The van der Waals surface area contributed by atoms with E-state index in [-0.39, 0.29) is 23.9 Å². The normalized spacial score (nSPS) is 20.6. The predicted molar refractivity (Wildman–Crippen MR) is 122 cm³/mol. The number of oxazole rings is 1. The highest BCUT2D eigenvalue weighted by Gasteiger charge is 2.34. The molecule has 0 aliphatic heterocycles. The average molecular weight is 422 g/mol. The van der Waals surface area contributed by atoms with E-state index in [1.807, 2.05) is 60.5 Å². The lowest BCUT2D eigenvalue weighted by Gasteiger charge is -2.27. The molecular formula is C25H31N3O3. The van der Waals surface area contributed by atoms with E-state index in [0.29, 0.717) is 11.5 Å². The third-order valence-electron chi connectivity index (χ3n) is 6.50. The van der Waals surface area contributed by atoms with Crippen LogP contribution in [0, 0.1) is 5.92 Å². The van der Waals surface area contributed by atoms with Gasteiger partial charge in [-0.1, -0.05) is 19.1 Å². The van der Waals surface area contributed by atoms with Gasteiger partial charge in [0.25, 0.3) is 5.91 Å². The lowest BCUT2D eigenvalue weighted by molar-refractivity contribution is 0.0584. The summed E-state index contributed by atoms with van der Waals surface area (Å²) in [5.41, 5.74) is 3.05. The summed E-state index contributed by atoms with van der Waals surface area (Å²) < 4.78 is 5.82. The molecule has 0 bridgehead atoms. The van der Waals surface area contributed by atoms with E-state index < -0.39 is 6.23 Å². The second-order valence-electron chi connectivity index (χ2n) is 8.63. The number of hydrogen-bond donors (Lipinski definition) is 2. The molecule has 6 nitrogen and oxygen atoms in total. The largest absolute Gasteiger partial charge is 0.436 e. The van der Waals surface area contributed by atoms with Crippen molar-refractivity contribution < 1.29 is 14.3 Å². The van der Waals surface area contributed by atoms with Crippen molar-refractivity contribution >= 4 is 17.0 Å². The van der Waals surface area contributed by atoms with Crippen LogP contribution in [-0.4, -0.2) is 46.3 Å². The van der Waals surface area contributed by atoms with Crippen LogP contribution < -0.4 is 5.32 Å². The van der Waals surface area contributed by atoms with E-state index in [4.69, 9.17) is 4.42 Å². The van der Waals surface area contributed by atoms with Crippen molar-refractivity contribution in [1.82, 2.24) is 15.2 Å². The zero-order valence-corrected chi connectivity index (χ0v) is 18.4. The summed E-state index contributed by atoms with van der Waals surface area (Å²) in [5.74, 6) is 0.727. The molecule has 6 heteroatoms. The van der Waals surface area contributed by atoms with Gasteiger partial charge in [-0.05, 0) is 69.0 Å². The van der Waals surface area contributed by atoms with E-state index in [9.17, 15) is 9.90 Å². The van der Waals surface area contributed by atoms with Gasteiger partial charge in [0.15, 0.2) is 5.58 Å². The standard InChI is InChI=1S/C25H31N3O3/c1-4-16(2)26-23(29)19-13-14-20(15-19)28(3)25(30)18-11-9-17(10-12-18)24-27-21-7-5-6-8-22(21)31-24/h5-12,16,19-20,23,26,29H,4,13-15H2,1-3H3/t16-,19-,20+,23?/m0/s1. The number of rotatable bonds is 7. The number of nitrogens with zero attached hydrogens (tertiary/aromatic N) is 2. The highest BCUT2D eigenvalue weighted by atomic mass is 16.3.